The maximum absolute atomic E-state index is 13.1. The average molecular weight is 1420 g/mol. The van der Waals surface area contributed by atoms with Gasteiger partial charge in [-0.2, -0.15) is 0 Å². The van der Waals surface area contributed by atoms with Crippen LogP contribution < -0.4 is 0 Å². The van der Waals surface area contributed by atoms with E-state index in [2.05, 4.69) is 48.5 Å². The van der Waals surface area contributed by atoms with Crippen molar-refractivity contribution >= 4 is 39.5 Å². The van der Waals surface area contributed by atoms with E-state index >= 15 is 0 Å². The number of ether oxygens (including phenoxy) is 4. The van der Waals surface area contributed by atoms with Crippen LogP contribution in [0.15, 0.2) is 0 Å². The third kappa shape index (κ3) is 72.2. The third-order valence-electron chi connectivity index (χ3n) is 18.1. The number of rotatable bonds is 76. The Hall–Kier alpha value is -1.94. The normalized spacial score (nSPS) is 14.0. The summed E-state index contributed by atoms with van der Waals surface area (Å²) in [4.78, 5) is 72.9. The second-order valence-electron chi connectivity index (χ2n) is 29.5. The minimum Gasteiger partial charge on any atom is -0.462 e. The summed E-state index contributed by atoms with van der Waals surface area (Å²) in [6.45, 7) is 11.9. The topological polar surface area (TPSA) is 237 Å². The Morgan fingerprint density at radius 3 is 0.701 bits per heavy atom. The molecule has 97 heavy (non-hydrogen) atoms. The van der Waals surface area contributed by atoms with Gasteiger partial charge in [0.1, 0.15) is 19.3 Å². The summed E-state index contributed by atoms with van der Waals surface area (Å²) in [5, 5.41) is 10.6. The lowest BCUT2D eigenvalue weighted by Gasteiger charge is -2.21. The maximum atomic E-state index is 13.1. The van der Waals surface area contributed by atoms with E-state index in [9.17, 15) is 43.2 Å². The van der Waals surface area contributed by atoms with Crippen LogP contribution in [0.25, 0.3) is 0 Å². The Kier molecular flexibility index (Phi) is 67.1. The zero-order chi connectivity index (χ0) is 71.6. The zero-order valence-electron chi connectivity index (χ0n) is 63.5. The second kappa shape index (κ2) is 68.5. The molecule has 0 aliphatic rings. The van der Waals surface area contributed by atoms with E-state index in [0.717, 1.165) is 108 Å². The molecule has 5 atom stereocenters. The molecule has 0 aliphatic carbocycles. The number of carbonyl (C=O) groups is 4. The summed E-state index contributed by atoms with van der Waals surface area (Å²) in [6, 6.07) is 0. The molecule has 0 saturated heterocycles. The fourth-order valence-electron chi connectivity index (χ4n) is 12.0. The Labute approximate surface area is 594 Å². The lowest BCUT2D eigenvalue weighted by Crippen LogP contribution is -2.30. The van der Waals surface area contributed by atoms with Crippen LogP contribution in [0.5, 0.6) is 0 Å². The van der Waals surface area contributed by atoms with Crippen LogP contribution in [0, 0.1) is 17.8 Å². The minimum atomic E-state index is -4.96. The van der Waals surface area contributed by atoms with Crippen LogP contribution in [-0.4, -0.2) is 96.7 Å². The number of unbranched alkanes of at least 4 members (excludes halogenated alkanes) is 44. The van der Waals surface area contributed by atoms with E-state index in [1.807, 2.05) is 0 Å². The van der Waals surface area contributed by atoms with Gasteiger partial charge in [0, 0.05) is 25.7 Å². The highest BCUT2D eigenvalue weighted by Crippen LogP contribution is 2.45. The first-order chi connectivity index (χ1) is 46.7. The fourth-order valence-corrected chi connectivity index (χ4v) is 13.5. The number of phosphoric ester groups is 2. The standard InChI is InChI=1S/C78H152O17P2/c1-8-9-10-11-12-13-14-15-16-17-22-28-33-38-47-54-61-78(83)95-74(66-89-76(81)60-53-46-41-40-44-51-58-71(6)7)68-93-97(86,87)91-64-72(79)63-90-96(84,85)92-67-73(94-77(82)62-55-48-39-34-29-24-19-21-26-31-36-43-50-57-70(4)5)65-88-75(80)59-52-45-37-32-27-23-18-20-25-30-35-42-49-56-69(2)3/h69-74,79H,8-68H2,1-7H3,(H,84,85)(H,86,87)/t72-,73-,74-/m1/s1. The number of hydrogen-bond acceptors (Lipinski definition) is 15. The Morgan fingerprint density at radius 2 is 0.474 bits per heavy atom. The van der Waals surface area contributed by atoms with Crippen LogP contribution >= 0.6 is 15.6 Å². The molecule has 0 rings (SSSR count). The molecule has 0 aliphatic heterocycles. The molecular formula is C78H152O17P2. The molecule has 0 heterocycles. The van der Waals surface area contributed by atoms with Gasteiger partial charge in [-0.3, -0.25) is 37.3 Å². The quantitative estimate of drug-likeness (QED) is 0.0222. The molecule has 0 saturated carbocycles. The van der Waals surface area contributed by atoms with Gasteiger partial charge < -0.3 is 33.8 Å². The highest BCUT2D eigenvalue weighted by molar-refractivity contribution is 7.47. The second-order valence-corrected chi connectivity index (χ2v) is 32.4. The van der Waals surface area contributed by atoms with Crippen LogP contribution in [-0.2, 0) is 65.4 Å². The summed E-state index contributed by atoms with van der Waals surface area (Å²) < 4.78 is 68.6. The summed E-state index contributed by atoms with van der Waals surface area (Å²) >= 11 is 0. The van der Waals surface area contributed by atoms with E-state index in [0.29, 0.717) is 31.6 Å². The summed E-state index contributed by atoms with van der Waals surface area (Å²) in [5.41, 5.74) is 0. The molecule has 0 aromatic rings. The van der Waals surface area contributed by atoms with Gasteiger partial charge in [-0.05, 0) is 43.4 Å². The van der Waals surface area contributed by atoms with E-state index < -0.39 is 97.5 Å². The van der Waals surface area contributed by atoms with E-state index in [1.54, 1.807) is 0 Å². The van der Waals surface area contributed by atoms with Crippen molar-refractivity contribution < 1.29 is 80.2 Å². The van der Waals surface area contributed by atoms with Gasteiger partial charge in [-0.15, -0.1) is 0 Å². The predicted octanol–water partition coefficient (Wildman–Crippen LogP) is 23.0. The lowest BCUT2D eigenvalue weighted by atomic mass is 10.0. The first kappa shape index (κ1) is 95.1. The van der Waals surface area contributed by atoms with Crippen molar-refractivity contribution in [2.45, 2.75) is 420 Å². The van der Waals surface area contributed by atoms with Gasteiger partial charge in [0.25, 0.3) is 0 Å². The van der Waals surface area contributed by atoms with E-state index in [-0.39, 0.29) is 25.7 Å². The monoisotopic (exact) mass is 1420 g/mol. The molecule has 2 unspecified atom stereocenters. The summed E-state index contributed by atoms with van der Waals surface area (Å²) in [7, 11) is -9.92. The lowest BCUT2D eigenvalue weighted by molar-refractivity contribution is -0.161. The molecule has 0 fully saturated rings. The van der Waals surface area contributed by atoms with Crippen LogP contribution in [0.3, 0.4) is 0 Å². The molecule has 0 radical (unpaired) electrons. The van der Waals surface area contributed by atoms with Crippen molar-refractivity contribution in [2.24, 2.45) is 17.8 Å². The number of phosphoric acid groups is 2. The largest absolute Gasteiger partial charge is 0.472 e. The molecule has 0 spiro atoms. The van der Waals surface area contributed by atoms with Gasteiger partial charge in [-0.1, -0.05) is 350 Å². The Morgan fingerprint density at radius 1 is 0.278 bits per heavy atom. The van der Waals surface area contributed by atoms with Gasteiger partial charge in [0.2, 0.25) is 0 Å². The third-order valence-corrected chi connectivity index (χ3v) is 20.0. The number of esters is 4. The minimum absolute atomic E-state index is 0.107. The van der Waals surface area contributed by atoms with Gasteiger partial charge in [0.05, 0.1) is 26.4 Å². The zero-order valence-corrected chi connectivity index (χ0v) is 65.3. The number of aliphatic hydroxyl groups excluding tert-OH is 1. The molecule has 0 aromatic carbocycles. The molecule has 576 valence electrons. The number of aliphatic hydroxyl groups is 1. The number of carbonyl (C=O) groups excluding carboxylic acids is 4. The Bertz CT molecular complexity index is 1890. The molecule has 19 heteroatoms. The smallest absolute Gasteiger partial charge is 0.462 e. The van der Waals surface area contributed by atoms with Crippen LogP contribution in [0.1, 0.15) is 402 Å². The summed E-state index contributed by atoms with van der Waals surface area (Å²) in [6.07, 6.45) is 55.6. The van der Waals surface area contributed by atoms with Gasteiger partial charge in [0.15, 0.2) is 12.2 Å². The first-order valence-electron chi connectivity index (χ1n) is 40.3. The number of hydrogen-bond donors (Lipinski definition) is 3. The van der Waals surface area contributed by atoms with Crippen LogP contribution in [0.4, 0.5) is 0 Å². The van der Waals surface area contributed by atoms with Crippen molar-refractivity contribution in [1.29, 1.82) is 0 Å². The van der Waals surface area contributed by atoms with E-state index in [4.69, 9.17) is 37.0 Å². The SMILES string of the molecule is CCCCCCCCCCCCCCCCCCC(=O)O[C@H](COC(=O)CCCCCCCCC(C)C)COP(=O)(O)OC[C@H](O)COP(=O)(O)OC[C@@H](COC(=O)CCCCCCCCCCCCCCCC(C)C)OC(=O)CCCCCCCCCCCCCCCC(C)C. The molecule has 0 bridgehead atoms. The molecule has 17 nitrogen and oxygen atoms in total. The highest BCUT2D eigenvalue weighted by atomic mass is 31.2. The summed E-state index contributed by atoms with van der Waals surface area (Å²) in [5.74, 6) is 0.141. The van der Waals surface area contributed by atoms with Crippen molar-refractivity contribution in [2.75, 3.05) is 39.6 Å². The first-order valence-corrected chi connectivity index (χ1v) is 43.3. The maximum Gasteiger partial charge on any atom is 0.472 e. The molecule has 0 amide bonds. The highest BCUT2D eigenvalue weighted by Gasteiger charge is 2.30. The van der Waals surface area contributed by atoms with Crippen molar-refractivity contribution in [3.63, 3.8) is 0 Å². The molecule has 3 N–H and O–H groups in total. The van der Waals surface area contributed by atoms with Gasteiger partial charge >= 0.3 is 39.5 Å². The molecule has 0 aromatic heterocycles. The average Bonchev–Trinajstić information content (AvgIpc) is 1.45. The molecular weight excluding hydrogens is 1270 g/mol. The van der Waals surface area contributed by atoms with Gasteiger partial charge in [-0.25, -0.2) is 9.13 Å². The van der Waals surface area contributed by atoms with Crippen molar-refractivity contribution in [3.8, 4) is 0 Å². The van der Waals surface area contributed by atoms with Crippen molar-refractivity contribution in [1.82, 2.24) is 0 Å². The predicted molar refractivity (Wildman–Crippen MR) is 395 cm³/mol. The Balaban J connectivity index is 5.23. The van der Waals surface area contributed by atoms with Crippen molar-refractivity contribution in [3.05, 3.63) is 0 Å². The fraction of sp³-hybridized carbons (Fsp3) is 0.949. The van der Waals surface area contributed by atoms with Crippen LogP contribution in [0.2, 0.25) is 0 Å². The van der Waals surface area contributed by atoms with E-state index in [1.165, 1.54) is 205 Å².